The van der Waals surface area contributed by atoms with Crippen molar-refractivity contribution in [1.29, 1.82) is 0 Å². The molecule has 102 valence electrons. The first kappa shape index (κ1) is 12.9. The predicted octanol–water partition coefficient (Wildman–Crippen LogP) is 3.13. The number of aryl methyl sites for hydroxylation is 4. The van der Waals surface area contributed by atoms with E-state index >= 15 is 0 Å². The molecule has 2 nitrogen and oxygen atoms in total. The molecule has 20 heavy (non-hydrogen) atoms. The summed E-state index contributed by atoms with van der Waals surface area (Å²) in [4.78, 5) is 0. The van der Waals surface area contributed by atoms with Crippen LogP contribution in [0.5, 0.6) is 0 Å². The summed E-state index contributed by atoms with van der Waals surface area (Å²) in [5.74, 6) is 0. The maximum Gasteiger partial charge on any atom is 0.181 e. The second-order valence-electron chi connectivity index (χ2n) is 5.52. The van der Waals surface area contributed by atoms with Crippen LogP contribution in [0.1, 0.15) is 27.8 Å². The molecule has 0 amide bonds. The van der Waals surface area contributed by atoms with Crippen LogP contribution in [0.3, 0.4) is 0 Å². The van der Waals surface area contributed by atoms with Crippen LogP contribution in [-0.2, 0) is 25.7 Å². The van der Waals surface area contributed by atoms with Gasteiger partial charge in [-0.1, -0.05) is 36.4 Å². The molecule has 0 fully saturated rings. The minimum Gasteiger partial charge on any atom is -0.624 e. The third-order valence-corrected chi connectivity index (χ3v) is 3.94. The predicted molar refractivity (Wildman–Crippen MR) is 82.4 cm³/mol. The lowest BCUT2D eigenvalue weighted by atomic mass is 9.94. The Hall–Kier alpha value is -2.09. The average Bonchev–Trinajstić information content (AvgIpc) is 2.42. The number of benzene rings is 2. The Morgan fingerprint density at radius 1 is 0.850 bits per heavy atom. The van der Waals surface area contributed by atoms with Crippen molar-refractivity contribution in [1.82, 2.24) is 0 Å². The molecule has 0 heterocycles. The third kappa shape index (κ3) is 2.90. The number of nitrogens with zero attached hydrogens (tertiary/aromatic N) is 1. The summed E-state index contributed by atoms with van der Waals surface area (Å²) in [6.45, 7) is 0. The van der Waals surface area contributed by atoms with E-state index in [1.54, 1.807) is 6.21 Å². The van der Waals surface area contributed by atoms with Crippen molar-refractivity contribution < 1.29 is 4.74 Å². The lowest BCUT2D eigenvalue weighted by Gasteiger charge is -2.12. The molecule has 0 aromatic heterocycles. The fourth-order valence-corrected chi connectivity index (χ4v) is 2.78. The maximum atomic E-state index is 11.3. The number of hydrogen-bond donors (Lipinski definition) is 0. The van der Waals surface area contributed by atoms with Gasteiger partial charge in [-0.3, -0.25) is 0 Å². The molecular weight excluding hydrogens is 246 g/mol. The van der Waals surface area contributed by atoms with E-state index in [1.807, 2.05) is 0 Å². The van der Waals surface area contributed by atoms with Crippen LogP contribution in [0.4, 0.5) is 0 Å². The van der Waals surface area contributed by atoms with Gasteiger partial charge in [-0.25, -0.2) is 4.74 Å². The molecule has 0 atom stereocenters. The van der Waals surface area contributed by atoms with E-state index in [1.165, 1.54) is 29.3 Å². The zero-order valence-corrected chi connectivity index (χ0v) is 11.8. The highest BCUT2D eigenvalue weighted by Gasteiger charge is 2.08. The van der Waals surface area contributed by atoms with Crippen LogP contribution >= 0.6 is 0 Å². The Bertz CT molecular complexity index is 637. The van der Waals surface area contributed by atoms with Crippen LogP contribution in [0.25, 0.3) is 0 Å². The molecule has 2 aromatic rings. The van der Waals surface area contributed by atoms with Gasteiger partial charge in [-0.15, -0.1) is 0 Å². The van der Waals surface area contributed by atoms with E-state index in [-0.39, 0.29) is 0 Å². The summed E-state index contributed by atoms with van der Waals surface area (Å²) >= 11 is 0. The van der Waals surface area contributed by atoms with Gasteiger partial charge in [0.05, 0.1) is 0 Å². The fraction of sp³-hybridized carbons (Fsp3) is 0.278. The highest BCUT2D eigenvalue weighted by molar-refractivity contribution is 5.78. The van der Waals surface area contributed by atoms with E-state index in [4.69, 9.17) is 0 Å². The minimum absolute atomic E-state index is 0.891. The van der Waals surface area contributed by atoms with Gasteiger partial charge in [-0.2, -0.15) is 0 Å². The Kier molecular flexibility index (Phi) is 3.55. The monoisotopic (exact) mass is 265 g/mol. The summed E-state index contributed by atoms with van der Waals surface area (Å²) in [6, 6.07) is 15.5. The fourth-order valence-electron chi connectivity index (χ4n) is 2.78. The molecule has 2 heteroatoms. The summed E-state index contributed by atoms with van der Waals surface area (Å²) < 4.78 is 0.891. The third-order valence-electron chi connectivity index (χ3n) is 3.94. The standard InChI is InChI=1S/C18H19NO/c1-19(20)13-18-12-16-7-6-14-2-4-15(5-3-14)8-10-17(18)11-9-16/h2-5,9,11-13H,6-8,10H2,1H3/b19-13-. The molecule has 0 unspecified atom stereocenters. The van der Waals surface area contributed by atoms with E-state index in [2.05, 4.69) is 42.5 Å². The van der Waals surface area contributed by atoms with Crippen molar-refractivity contribution in [2.75, 3.05) is 7.05 Å². The first-order valence-electron chi connectivity index (χ1n) is 7.15. The van der Waals surface area contributed by atoms with Crippen molar-refractivity contribution in [3.05, 3.63) is 75.5 Å². The van der Waals surface area contributed by atoms with Crippen LogP contribution in [-0.4, -0.2) is 18.0 Å². The lowest BCUT2D eigenvalue weighted by molar-refractivity contribution is -0.416. The Morgan fingerprint density at radius 2 is 1.40 bits per heavy atom. The van der Waals surface area contributed by atoms with E-state index in [9.17, 15) is 5.21 Å². The molecule has 4 aliphatic carbocycles. The Balaban J connectivity index is 2.01. The molecular formula is C18H19NO. The normalized spacial score (nSPS) is 14.9. The first-order chi connectivity index (χ1) is 9.70. The number of hydrogen-bond acceptors (Lipinski definition) is 1. The summed E-state index contributed by atoms with van der Waals surface area (Å²) in [6.07, 6.45) is 5.74. The topological polar surface area (TPSA) is 26.1 Å². The average molecular weight is 265 g/mol. The van der Waals surface area contributed by atoms with Gasteiger partial charge >= 0.3 is 0 Å². The van der Waals surface area contributed by atoms with Crippen LogP contribution in [0.15, 0.2) is 42.5 Å². The SMILES string of the molecule is C/[N+]([O-])=C/c1cc2ccc1CCc1ccc(cc1)CC2. The molecule has 0 N–H and O–H groups in total. The summed E-state index contributed by atoms with van der Waals surface area (Å²) in [7, 11) is 1.54. The number of rotatable bonds is 1. The molecule has 4 aliphatic rings. The van der Waals surface area contributed by atoms with Gasteiger partial charge < -0.3 is 5.21 Å². The molecule has 0 saturated carbocycles. The van der Waals surface area contributed by atoms with Gasteiger partial charge in [-0.05, 0) is 54.0 Å². The maximum absolute atomic E-state index is 11.3. The molecule has 0 aliphatic heterocycles. The van der Waals surface area contributed by atoms with Gasteiger partial charge in [0.2, 0.25) is 0 Å². The zero-order chi connectivity index (χ0) is 13.9. The van der Waals surface area contributed by atoms with Crippen LogP contribution < -0.4 is 0 Å². The van der Waals surface area contributed by atoms with Crippen LogP contribution in [0, 0.1) is 5.21 Å². The van der Waals surface area contributed by atoms with Crippen molar-refractivity contribution >= 4 is 6.21 Å². The zero-order valence-electron chi connectivity index (χ0n) is 11.8. The van der Waals surface area contributed by atoms with Crippen molar-refractivity contribution in [3.8, 4) is 0 Å². The van der Waals surface area contributed by atoms with Gasteiger partial charge in [0, 0.05) is 5.56 Å². The molecule has 6 rings (SSSR count). The Morgan fingerprint density at radius 3 is 2.05 bits per heavy atom. The highest BCUT2D eigenvalue weighted by atomic mass is 16.5. The minimum atomic E-state index is 0.891. The Labute approximate surface area is 120 Å². The van der Waals surface area contributed by atoms with Crippen molar-refractivity contribution in [2.24, 2.45) is 0 Å². The van der Waals surface area contributed by atoms with Gasteiger partial charge in [0.25, 0.3) is 0 Å². The first-order valence-corrected chi connectivity index (χ1v) is 7.15. The summed E-state index contributed by atoms with van der Waals surface area (Å²) in [5.41, 5.74) is 6.35. The van der Waals surface area contributed by atoms with Gasteiger partial charge in [0.1, 0.15) is 7.05 Å². The second-order valence-corrected chi connectivity index (χ2v) is 5.52. The largest absolute Gasteiger partial charge is 0.624 e. The lowest BCUT2D eigenvalue weighted by Crippen LogP contribution is -2.05. The van der Waals surface area contributed by atoms with E-state index in [0.717, 1.165) is 36.0 Å². The highest BCUT2D eigenvalue weighted by Crippen LogP contribution is 2.18. The molecule has 2 aromatic carbocycles. The molecule has 0 radical (unpaired) electrons. The number of hydroxylamine groups is 1. The summed E-state index contributed by atoms with van der Waals surface area (Å²) in [5, 5.41) is 11.3. The van der Waals surface area contributed by atoms with Crippen molar-refractivity contribution in [2.45, 2.75) is 25.7 Å². The molecule has 4 bridgehead atoms. The quantitative estimate of drug-likeness (QED) is 0.337. The van der Waals surface area contributed by atoms with Gasteiger partial charge in [0.15, 0.2) is 6.21 Å². The second kappa shape index (κ2) is 5.49. The smallest absolute Gasteiger partial charge is 0.181 e. The molecule has 0 saturated heterocycles. The van der Waals surface area contributed by atoms with Crippen molar-refractivity contribution in [3.63, 3.8) is 0 Å². The van der Waals surface area contributed by atoms with E-state index in [0.29, 0.717) is 0 Å². The molecule has 0 spiro atoms. The van der Waals surface area contributed by atoms with Crippen LogP contribution in [0.2, 0.25) is 0 Å². The van der Waals surface area contributed by atoms with E-state index < -0.39 is 0 Å².